The number of rotatable bonds is 9. The number of esters is 1. The van der Waals surface area contributed by atoms with Crippen molar-refractivity contribution in [3.63, 3.8) is 0 Å². The van der Waals surface area contributed by atoms with Gasteiger partial charge in [-0.25, -0.2) is 4.79 Å². The van der Waals surface area contributed by atoms with Gasteiger partial charge in [-0.1, -0.05) is 20.4 Å². The topological polar surface area (TPSA) is 38.3 Å². The lowest BCUT2D eigenvalue weighted by Gasteiger charge is -2.30. The highest BCUT2D eigenvalue weighted by Gasteiger charge is 2.24. The Labute approximate surface area is 109 Å². The summed E-state index contributed by atoms with van der Waals surface area (Å²) in [5.41, 5.74) is 0.494. The molecular weight excluding hydrogens is 234 g/mol. The molecule has 4 heteroatoms. The van der Waals surface area contributed by atoms with Gasteiger partial charge in [-0.2, -0.15) is 11.8 Å². The van der Waals surface area contributed by atoms with Crippen molar-refractivity contribution in [2.45, 2.75) is 38.4 Å². The molecule has 0 atom stereocenters. The summed E-state index contributed by atoms with van der Waals surface area (Å²) in [6.07, 6.45) is 4.36. The van der Waals surface area contributed by atoms with Crippen LogP contribution in [0, 0.1) is 0 Å². The number of ether oxygens (including phenoxy) is 1. The SMILES string of the molecule is C=C(CNCC(CC)(CC)SC)C(=O)OCC. The second kappa shape index (κ2) is 8.59. The fourth-order valence-electron chi connectivity index (χ4n) is 1.61. The van der Waals surface area contributed by atoms with Crippen LogP contribution in [0.25, 0.3) is 0 Å². The first-order valence-corrected chi connectivity index (χ1v) is 7.38. The van der Waals surface area contributed by atoms with Crippen LogP contribution in [0.3, 0.4) is 0 Å². The van der Waals surface area contributed by atoms with Crippen LogP contribution >= 0.6 is 11.8 Å². The molecule has 100 valence electrons. The molecule has 0 saturated heterocycles. The van der Waals surface area contributed by atoms with E-state index in [4.69, 9.17) is 4.74 Å². The molecule has 0 aromatic heterocycles. The van der Waals surface area contributed by atoms with E-state index < -0.39 is 0 Å². The largest absolute Gasteiger partial charge is 0.463 e. The second-order valence-electron chi connectivity index (χ2n) is 4.02. The van der Waals surface area contributed by atoms with Gasteiger partial charge >= 0.3 is 5.97 Å². The number of hydrogen-bond acceptors (Lipinski definition) is 4. The van der Waals surface area contributed by atoms with Crippen molar-refractivity contribution in [2.75, 3.05) is 26.0 Å². The maximum atomic E-state index is 11.3. The lowest BCUT2D eigenvalue weighted by Crippen LogP contribution is -2.38. The van der Waals surface area contributed by atoms with E-state index in [1.165, 1.54) is 0 Å². The molecule has 0 spiro atoms. The van der Waals surface area contributed by atoms with E-state index in [1.54, 1.807) is 6.92 Å². The highest BCUT2D eigenvalue weighted by molar-refractivity contribution is 8.00. The molecule has 0 fully saturated rings. The fraction of sp³-hybridized carbons (Fsp3) is 0.769. The van der Waals surface area contributed by atoms with Gasteiger partial charge in [0, 0.05) is 23.4 Å². The van der Waals surface area contributed by atoms with Crippen molar-refractivity contribution >= 4 is 17.7 Å². The third kappa shape index (κ3) is 5.59. The molecule has 0 saturated carbocycles. The fourth-order valence-corrected chi connectivity index (χ4v) is 2.43. The van der Waals surface area contributed by atoms with E-state index in [9.17, 15) is 4.79 Å². The monoisotopic (exact) mass is 259 g/mol. The van der Waals surface area contributed by atoms with Crippen LogP contribution in [0.2, 0.25) is 0 Å². The third-order valence-electron chi connectivity index (χ3n) is 3.07. The zero-order chi connectivity index (χ0) is 13.3. The van der Waals surface area contributed by atoms with E-state index in [-0.39, 0.29) is 10.7 Å². The van der Waals surface area contributed by atoms with Crippen molar-refractivity contribution in [2.24, 2.45) is 0 Å². The molecule has 0 unspecified atom stereocenters. The van der Waals surface area contributed by atoms with Crippen LogP contribution < -0.4 is 5.32 Å². The Balaban J connectivity index is 4.05. The first-order chi connectivity index (χ1) is 8.05. The van der Waals surface area contributed by atoms with Crippen molar-refractivity contribution in [3.05, 3.63) is 12.2 Å². The Morgan fingerprint density at radius 1 is 1.35 bits per heavy atom. The number of hydrogen-bond donors (Lipinski definition) is 1. The minimum atomic E-state index is -0.303. The third-order valence-corrected chi connectivity index (χ3v) is 4.66. The van der Waals surface area contributed by atoms with Crippen LogP contribution in [-0.2, 0) is 9.53 Å². The molecule has 0 bridgehead atoms. The molecule has 0 radical (unpaired) electrons. The van der Waals surface area contributed by atoms with Gasteiger partial charge in [0.2, 0.25) is 0 Å². The van der Waals surface area contributed by atoms with E-state index in [0.717, 1.165) is 19.4 Å². The van der Waals surface area contributed by atoms with Gasteiger partial charge in [-0.05, 0) is 26.0 Å². The Kier molecular flexibility index (Phi) is 8.35. The normalized spacial score (nSPS) is 11.3. The molecule has 0 aromatic rings. The number of carbonyl (C=O) groups is 1. The zero-order valence-electron chi connectivity index (χ0n) is 11.5. The number of carbonyl (C=O) groups excluding carboxylic acids is 1. The standard InChI is InChI=1S/C13H25NO2S/c1-6-13(7-2,17-5)10-14-9-11(4)12(15)16-8-3/h14H,4,6-10H2,1-3,5H3. The highest BCUT2D eigenvalue weighted by atomic mass is 32.2. The highest BCUT2D eigenvalue weighted by Crippen LogP contribution is 2.29. The summed E-state index contributed by atoms with van der Waals surface area (Å²) in [6.45, 7) is 11.7. The smallest absolute Gasteiger partial charge is 0.334 e. The van der Waals surface area contributed by atoms with E-state index >= 15 is 0 Å². The van der Waals surface area contributed by atoms with Gasteiger partial charge in [-0.3, -0.25) is 0 Å². The molecule has 17 heavy (non-hydrogen) atoms. The summed E-state index contributed by atoms with van der Waals surface area (Å²) in [4.78, 5) is 11.3. The minimum Gasteiger partial charge on any atom is -0.463 e. The van der Waals surface area contributed by atoms with Crippen LogP contribution in [0.5, 0.6) is 0 Å². The molecule has 0 aliphatic heterocycles. The van der Waals surface area contributed by atoms with E-state index in [1.807, 2.05) is 11.8 Å². The first kappa shape index (κ1) is 16.5. The second-order valence-corrected chi connectivity index (χ2v) is 5.30. The van der Waals surface area contributed by atoms with Crippen molar-refractivity contribution in [1.82, 2.24) is 5.32 Å². The summed E-state index contributed by atoms with van der Waals surface area (Å²) >= 11 is 1.88. The zero-order valence-corrected chi connectivity index (χ0v) is 12.3. The maximum absolute atomic E-state index is 11.3. The van der Waals surface area contributed by atoms with Crippen molar-refractivity contribution in [3.8, 4) is 0 Å². The summed E-state index contributed by atoms with van der Waals surface area (Å²) < 4.78 is 5.14. The lowest BCUT2D eigenvalue weighted by atomic mass is 10.0. The van der Waals surface area contributed by atoms with Crippen LogP contribution in [0.15, 0.2) is 12.2 Å². The number of thioether (sulfide) groups is 1. The molecule has 0 aliphatic carbocycles. The predicted octanol–water partition coefficient (Wildman–Crippen LogP) is 2.62. The van der Waals surface area contributed by atoms with E-state index in [2.05, 4.69) is 32.0 Å². The van der Waals surface area contributed by atoms with Gasteiger partial charge < -0.3 is 10.1 Å². The Morgan fingerprint density at radius 2 is 1.94 bits per heavy atom. The van der Waals surface area contributed by atoms with Crippen molar-refractivity contribution in [1.29, 1.82) is 0 Å². The average Bonchev–Trinajstić information content (AvgIpc) is 2.35. The predicted molar refractivity (Wildman–Crippen MR) is 75.5 cm³/mol. The van der Waals surface area contributed by atoms with E-state index in [0.29, 0.717) is 18.7 Å². The summed E-state index contributed by atoms with van der Waals surface area (Å²) in [7, 11) is 0. The van der Waals surface area contributed by atoms with Crippen LogP contribution in [0.4, 0.5) is 0 Å². The summed E-state index contributed by atoms with van der Waals surface area (Å²) in [5, 5.41) is 3.30. The van der Waals surface area contributed by atoms with Gasteiger partial charge in [0.05, 0.1) is 6.61 Å². The molecule has 3 nitrogen and oxygen atoms in total. The quantitative estimate of drug-likeness (QED) is 0.510. The van der Waals surface area contributed by atoms with Gasteiger partial charge in [0.1, 0.15) is 0 Å². The summed E-state index contributed by atoms with van der Waals surface area (Å²) in [6, 6.07) is 0. The van der Waals surface area contributed by atoms with Crippen molar-refractivity contribution < 1.29 is 9.53 Å². The Morgan fingerprint density at radius 3 is 2.35 bits per heavy atom. The van der Waals surface area contributed by atoms with Crippen LogP contribution in [-0.4, -0.2) is 36.7 Å². The molecule has 0 aromatic carbocycles. The van der Waals surface area contributed by atoms with Gasteiger partial charge in [0.15, 0.2) is 0 Å². The number of nitrogens with one attached hydrogen (secondary N) is 1. The van der Waals surface area contributed by atoms with Gasteiger partial charge in [-0.15, -0.1) is 0 Å². The van der Waals surface area contributed by atoms with Gasteiger partial charge in [0.25, 0.3) is 0 Å². The first-order valence-electron chi connectivity index (χ1n) is 6.16. The Hall–Kier alpha value is -0.480. The minimum absolute atomic E-state index is 0.259. The Bertz CT molecular complexity index is 242. The molecule has 0 rings (SSSR count). The summed E-state index contributed by atoms with van der Waals surface area (Å²) in [5.74, 6) is -0.303. The van der Waals surface area contributed by atoms with Crippen LogP contribution in [0.1, 0.15) is 33.6 Å². The molecule has 0 heterocycles. The lowest BCUT2D eigenvalue weighted by molar-refractivity contribution is -0.138. The molecule has 0 amide bonds. The molecular formula is C13H25NO2S. The molecule has 1 N–H and O–H groups in total. The average molecular weight is 259 g/mol. The maximum Gasteiger partial charge on any atom is 0.334 e. The molecule has 0 aliphatic rings.